The molecule has 0 saturated heterocycles. The summed E-state index contributed by atoms with van der Waals surface area (Å²) >= 11 is 0. The summed E-state index contributed by atoms with van der Waals surface area (Å²) in [5.41, 5.74) is 6.57. The first-order valence-electron chi connectivity index (χ1n) is 5.42. The van der Waals surface area contributed by atoms with Crippen LogP contribution in [0.4, 0.5) is 0 Å². The largest absolute Gasteiger partial charge is 0.497 e. The van der Waals surface area contributed by atoms with Crippen LogP contribution in [-0.2, 0) is 4.79 Å². The van der Waals surface area contributed by atoms with Gasteiger partial charge in [0.15, 0.2) is 0 Å². The second-order valence-electron chi connectivity index (χ2n) is 3.74. The second-order valence-corrected chi connectivity index (χ2v) is 3.74. The lowest BCUT2D eigenvalue weighted by molar-refractivity contribution is -0.139. The number of likely N-dealkylation sites (N-methyl/N-ethyl adjacent to an activating group) is 1. The zero-order valence-corrected chi connectivity index (χ0v) is 10.6. The van der Waals surface area contributed by atoms with Crippen LogP contribution in [0.1, 0.15) is 11.6 Å². The number of carbonyl (C=O) groups is 1. The Morgan fingerprint density at radius 3 is 2.50 bits per heavy atom. The number of nitrogens with two attached hydrogens (primary N) is 1. The molecular formula is C12H18N2O4. The van der Waals surface area contributed by atoms with E-state index in [0.29, 0.717) is 17.1 Å². The Morgan fingerprint density at radius 2 is 2.06 bits per heavy atom. The Kier molecular flexibility index (Phi) is 4.94. The predicted octanol–water partition coefficient (Wildman–Crippen LogP) is 0.376. The maximum atomic E-state index is 11.1. The van der Waals surface area contributed by atoms with E-state index in [9.17, 15) is 4.79 Å². The standard InChI is InChI=1S/C12H18N2O4/c1-14-11(12(15)16)10(13)8-5-4-7(17-2)6-9(8)18-3/h4-6,10-11,14H,13H2,1-3H3,(H,15,16). The fourth-order valence-corrected chi connectivity index (χ4v) is 1.73. The van der Waals surface area contributed by atoms with Crippen molar-refractivity contribution in [3.8, 4) is 11.5 Å². The molecule has 0 amide bonds. The highest BCUT2D eigenvalue weighted by Gasteiger charge is 2.27. The Morgan fingerprint density at radius 1 is 1.39 bits per heavy atom. The van der Waals surface area contributed by atoms with E-state index in [1.807, 2.05) is 0 Å². The van der Waals surface area contributed by atoms with Crippen LogP contribution < -0.4 is 20.5 Å². The molecule has 2 unspecified atom stereocenters. The third kappa shape index (κ3) is 2.91. The summed E-state index contributed by atoms with van der Waals surface area (Å²) in [7, 11) is 4.59. The lowest BCUT2D eigenvalue weighted by atomic mass is 9.99. The van der Waals surface area contributed by atoms with Crippen molar-refractivity contribution in [3.63, 3.8) is 0 Å². The van der Waals surface area contributed by atoms with Gasteiger partial charge in [-0.1, -0.05) is 0 Å². The van der Waals surface area contributed by atoms with Crippen molar-refractivity contribution in [2.45, 2.75) is 12.1 Å². The molecule has 1 rings (SSSR count). The van der Waals surface area contributed by atoms with Crippen molar-refractivity contribution in [2.75, 3.05) is 21.3 Å². The maximum absolute atomic E-state index is 11.1. The zero-order chi connectivity index (χ0) is 13.7. The van der Waals surface area contributed by atoms with Gasteiger partial charge in [-0.15, -0.1) is 0 Å². The molecule has 0 aliphatic carbocycles. The van der Waals surface area contributed by atoms with Crippen molar-refractivity contribution in [1.82, 2.24) is 5.32 Å². The lowest BCUT2D eigenvalue weighted by Gasteiger charge is -2.22. The van der Waals surface area contributed by atoms with E-state index in [2.05, 4.69) is 5.32 Å². The van der Waals surface area contributed by atoms with Gasteiger partial charge in [0, 0.05) is 11.6 Å². The molecule has 0 saturated carbocycles. The fraction of sp³-hybridized carbons (Fsp3) is 0.417. The molecule has 0 aliphatic rings. The fourth-order valence-electron chi connectivity index (χ4n) is 1.73. The molecule has 0 fully saturated rings. The minimum atomic E-state index is -1.01. The monoisotopic (exact) mass is 254 g/mol. The van der Waals surface area contributed by atoms with Gasteiger partial charge in [0.2, 0.25) is 0 Å². The highest BCUT2D eigenvalue weighted by Crippen LogP contribution is 2.29. The highest BCUT2D eigenvalue weighted by molar-refractivity contribution is 5.75. The summed E-state index contributed by atoms with van der Waals surface area (Å²) < 4.78 is 10.3. The molecule has 0 aliphatic heterocycles. The van der Waals surface area contributed by atoms with Gasteiger partial charge in [-0.3, -0.25) is 4.79 Å². The second kappa shape index (κ2) is 6.23. The molecule has 0 spiro atoms. The summed E-state index contributed by atoms with van der Waals surface area (Å²) in [6.07, 6.45) is 0. The predicted molar refractivity (Wildman–Crippen MR) is 67.0 cm³/mol. The van der Waals surface area contributed by atoms with Crippen molar-refractivity contribution in [3.05, 3.63) is 23.8 Å². The molecule has 6 heteroatoms. The molecule has 6 nitrogen and oxygen atoms in total. The molecule has 100 valence electrons. The van der Waals surface area contributed by atoms with Gasteiger partial charge >= 0.3 is 5.97 Å². The van der Waals surface area contributed by atoms with E-state index >= 15 is 0 Å². The molecule has 18 heavy (non-hydrogen) atoms. The van der Waals surface area contributed by atoms with Crippen molar-refractivity contribution >= 4 is 5.97 Å². The summed E-state index contributed by atoms with van der Waals surface area (Å²) in [5.74, 6) is 0.116. The number of carboxylic acids is 1. The molecular weight excluding hydrogens is 236 g/mol. The molecule has 1 aromatic carbocycles. The minimum absolute atomic E-state index is 0.503. The number of nitrogens with one attached hydrogen (secondary N) is 1. The van der Waals surface area contributed by atoms with Gasteiger partial charge < -0.3 is 25.6 Å². The van der Waals surface area contributed by atoms with Crippen LogP contribution in [-0.4, -0.2) is 38.4 Å². The Balaban J connectivity index is 3.11. The van der Waals surface area contributed by atoms with Gasteiger partial charge in [-0.2, -0.15) is 0 Å². The number of aliphatic carboxylic acids is 1. The van der Waals surface area contributed by atoms with Crippen molar-refractivity contribution < 1.29 is 19.4 Å². The van der Waals surface area contributed by atoms with Crippen LogP contribution in [0.5, 0.6) is 11.5 Å². The number of rotatable bonds is 6. The lowest BCUT2D eigenvalue weighted by Crippen LogP contribution is -2.43. The third-order valence-electron chi connectivity index (χ3n) is 2.74. The Labute approximate surface area is 106 Å². The zero-order valence-electron chi connectivity index (χ0n) is 10.6. The van der Waals surface area contributed by atoms with Crippen LogP contribution in [0.2, 0.25) is 0 Å². The summed E-state index contributed by atoms with van der Waals surface area (Å²) in [6.45, 7) is 0. The molecule has 0 aromatic heterocycles. The highest BCUT2D eigenvalue weighted by atomic mass is 16.5. The summed E-state index contributed by atoms with van der Waals surface area (Å²) in [4.78, 5) is 11.1. The van der Waals surface area contributed by atoms with Crippen LogP contribution in [0.25, 0.3) is 0 Å². The van der Waals surface area contributed by atoms with E-state index < -0.39 is 18.1 Å². The number of ether oxygens (including phenoxy) is 2. The molecule has 1 aromatic rings. The topological polar surface area (TPSA) is 93.8 Å². The quantitative estimate of drug-likeness (QED) is 0.679. The minimum Gasteiger partial charge on any atom is -0.497 e. The first-order valence-corrected chi connectivity index (χ1v) is 5.42. The van der Waals surface area contributed by atoms with Gasteiger partial charge in [0.1, 0.15) is 17.5 Å². The average molecular weight is 254 g/mol. The van der Waals surface area contributed by atoms with Gasteiger partial charge in [-0.25, -0.2) is 0 Å². The molecule has 0 heterocycles. The Hall–Kier alpha value is -1.79. The first kappa shape index (κ1) is 14.3. The third-order valence-corrected chi connectivity index (χ3v) is 2.74. The van der Waals surface area contributed by atoms with E-state index in [1.54, 1.807) is 32.4 Å². The SMILES string of the molecule is CNC(C(=O)O)C(N)c1ccc(OC)cc1OC. The van der Waals surface area contributed by atoms with E-state index in [4.69, 9.17) is 20.3 Å². The number of carboxylic acid groups (broad SMARTS) is 1. The number of benzene rings is 1. The smallest absolute Gasteiger partial charge is 0.322 e. The van der Waals surface area contributed by atoms with Gasteiger partial charge in [-0.05, 0) is 19.2 Å². The number of methoxy groups -OCH3 is 2. The van der Waals surface area contributed by atoms with Crippen LogP contribution in [0.3, 0.4) is 0 Å². The van der Waals surface area contributed by atoms with E-state index in [1.165, 1.54) is 7.11 Å². The maximum Gasteiger partial charge on any atom is 0.322 e. The number of hydrogen-bond acceptors (Lipinski definition) is 5. The van der Waals surface area contributed by atoms with Crippen LogP contribution in [0, 0.1) is 0 Å². The normalized spacial score (nSPS) is 13.8. The average Bonchev–Trinajstić information content (AvgIpc) is 2.38. The summed E-state index contributed by atoms with van der Waals surface area (Å²) in [5, 5.41) is 11.7. The van der Waals surface area contributed by atoms with Gasteiger partial charge in [0.05, 0.1) is 20.3 Å². The van der Waals surface area contributed by atoms with Gasteiger partial charge in [0.25, 0.3) is 0 Å². The summed E-state index contributed by atoms with van der Waals surface area (Å²) in [6, 6.07) is 3.49. The van der Waals surface area contributed by atoms with Crippen molar-refractivity contribution in [1.29, 1.82) is 0 Å². The van der Waals surface area contributed by atoms with E-state index in [0.717, 1.165) is 0 Å². The van der Waals surface area contributed by atoms with E-state index in [-0.39, 0.29) is 0 Å². The molecule has 2 atom stereocenters. The van der Waals surface area contributed by atoms with Crippen molar-refractivity contribution in [2.24, 2.45) is 5.73 Å². The Bertz CT molecular complexity index is 423. The van der Waals surface area contributed by atoms with Crippen LogP contribution in [0.15, 0.2) is 18.2 Å². The van der Waals surface area contributed by atoms with Crippen LogP contribution >= 0.6 is 0 Å². The molecule has 4 N–H and O–H groups in total. The number of hydrogen-bond donors (Lipinski definition) is 3. The first-order chi connectivity index (χ1) is 8.54. The molecule has 0 radical (unpaired) electrons. The molecule has 0 bridgehead atoms.